The van der Waals surface area contributed by atoms with Crippen LogP contribution in [0.4, 0.5) is 0 Å². The van der Waals surface area contributed by atoms with E-state index in [4.69, 9.17) is 21.8 Å². The van der Waals surface area contributed by atoms with Crippen molar-refractivity contribution in [3.05, 3.63) is 88.9 Å². The van der Waals surface area contributed by atoms with Crippen LogP contribution in [0, 0.1) is 11.3 Å². The van der Waals surface area contributed by atoms with Crippen molar-refractivity contribution in [1.29, 1.82) is 5.26 Å². The Morgan fingerprint density at radius 3 is 2.40 bits per heavy atom. The van der Waals surface area contributed by atoms with Crippen LogP contribution >= 0.6 is 11.6 Å². The predicted molar refractivity (Wildman–Crippen MR) is 100 cm³/mol. The molecule has 25 heavy (non-hydrogen) atoms. The Morgan fingerprint density at radius 1 is 0.920 bits per heavy atom. The molecule has 3 nitrogen and oxygen atoms in total. The summed E-state index contributed by atoms with van der Waals surface area (Å²) in [5.41, 5.74) is 4.67. The third kappa shape index (κ3) is 2.88. The lowest BCUT2D eigenvalue weighted by atomic mass is 10.1. The van der Waals surface area contributed by atoms with Crippen molar-refractivity contribution in [3.63, 3.8) is 0 Å². The number of aromatic nitrogens is 2. The van der Waals surface area contributed by atoms with Gasteiger partial charge in [-0.05, 0) is 42.0 Å². The Bertz CT molecular complexity index is 1090. The Morgan fingerprint density at radius 2 is 1.64 bits per heavy atom. The topological polar surface area (TPSA) is 41.6 Å². The van der Waals surface area contributed by atoms with Crippen molar-refractivity contribution >= 4 is 22.6 Å². The Hall–Kier alpha value is -3.09. The van der Waals surface area contributed by atoms with Crippen molar-refractivity contribution in [3.8, 4) is 17.5 Å². The van der Waals surface area contributed by atoms with E-state index in [-0.39, 0.29) is 0 Å². The number of nitrogens with zero attached hydrogens (tertiary/aromatic N) is 3. The molecule has 3 aromatic carbocycles. The zero-order chi connectivity index (χ0) is 17.2. The molecule has 0 amide bonds. The first-order valence-electron chi connectivity index (χ1n) is 7.95. The summed E-state index contributed by atoms with van der Waals surface area (Å²) in [6.07, 6.45) is 0. The van der Waals surface area contributed by atoms with E-state index >= 15 is 0 Å². The minimum absolute atomic E-state index is 0.658. The number of nitriles is 1. The summed E-state index contributed by atoms with van der Waals surface area (Å²) in [6.45, 7) is 0.660. The molecule has 1 heterocycles. The molecule has 0 radical (unpaired) electrons. The fourth-order valence-electron chi connectivity index (χ4n) is 2.95. The van der Waals surface area contributed by atoms with Crippen LogP contribution in [0.15, 0.2) is 72.8 Å². The van der Waals surface area contributed by atoms with Gasteiger partial charge in [-0.1, -0.05) is 48.0 Å². The standard InChI is InChI=1S/C21H14ClN3/c22-18-6-2-1-5-17(18)21-24-19-7-3-4-8-20(19)25(21)14-16-11-9-15(13-23)10-12-16/h1-12H,14H2. The van der Waals surface area contributed by atoms with Crippen LogP contribution in [0.3, 0.4) is 0 Å². The average molecular weight is 344 g/mol. The SMILES string of the molecule is N#Cc1ccc(Cn2c(-c3ccccc3Cl)nc3ccccc32)cc1. The number of halogens is 1. The number of para-hydroxylation sites is 2. The van der Waals surface area contributed by atoms with Gasteiger partial charge in [-0.25, -0.2) is 4.98 Å². The molecule has 0 saturated heterocycles. The molecule has 0 aliphatic rings. The van der Waals surface area contributed by atoms with Gasteiger partial charge in [0.1, 0.15) is 5.82 Å². The zero-order valence-electron chi connectivity index (χ0n) is 13.4. The van der Waals surface area contributed by atoms with Crippen LogP contribution in [-0.2, 0) is 6.54 Å². The molecule has 1 aromatic heterocycles. The van der Waals surface area contributed by atoms with E-state index in [0.29, 0.717) is 17.1 Å². The minimum Gasteiger partial charge on any atom is -0.319 e. The molecule has 120 valence electrons. The number of benzene rings is 3. The van der Waals surface area contributed by atoms with E-state index in [0.717, 1.165) is 28.0 Å². The number of hydrogen-bond acceptors (Lipinski definition) is 2. The van der Waals surface area contributed by atoms with E-state index in [2.05, 4.69) is 16.7 Å². The lowest BCUT2D eigenvalue weighted by molar-refractivity contribution is 0.834. The fourth-order valence-corrected chi connectivity index (χ4v) is 3.17. The molecular weight excluding hydrogens is 330 g/mol. The van der Waals surface area contributed by atoms with Crippen molar-refractivity contribution in [2.24, 2.45) is 0 Å². The van der Waals surface area contributed by atoms with Crippen LogP contribution in [0.5, 0.6) is 0 Å². The Balaban J connectivity index is 1.87. The van der Waals surface area contributed by atoms with Crippen molar-refractivity contribution in [1.82, 2.24) is 9.55 Å². The first kappa shape index (κ1) is 15.4. The van der Waals surface area contributed by atoms with Gasteiger partial charge in [0.25, 0.3) is 0 Å². The molecule has 0 bridgehead atoms. The van der Waals surface area contributed by atoms with Crippen LogP contribution in [0.1, 0.15) is 11.1 Å². The van der Waals surface area contributed by atoms with E-state index in [1.54, 1.807) is 0 Å². The lowest BCUT2D eigenvalue weighted by Gasteiger charge is -2.11. The maximum absolute atomic E-state index is 8.97. The molecule has 0 saturated carbocycles. The van der Waals surface area contributed by atoms with Gasteiger partial charge in [0.05, 0.1) is 27.7 Å². The molecule has 0 aliphatic heterocycles. The summed E-state index contributed by atoms with van der Waals surface area (Å²) in [5, 5.41) is 9.65. The van der Waals surface area contributed by atoms with E-state index < -0.39 is 0 Å². The summed E-state index contributed by atoms with van der Waals surface area (Å²) in [4.78, 5) is 4.80. The lowest BCUT2D eigenvalue weighted by Crippen LogP contribution is -2.02. The van der Waals surface area contributed by atoms with Gasteiger partial charge < -0.3 is 4.57 Å². The van der Waals surface area contributed by atoms with E-state index in [9.17, 15) is 0 Å². The highest BCUT2D eigenvalue weighted by Gasteiger charge is 2.14. The maximum Gasteiger partial charge on any atom is 0.142 e. The molecule has 4 rings (SSSR count). The predicted octanol–water partition coefficient (Wildman–Crippen LogP) is 5.28. The first-order chi connectivity index (χ1) is 12.3. The van der Waals surface area contributed by atoms with Gasteiger partial charge in [0, 0.05) is 12.1 Å². The second kappa shape index (κ2) is 6.43. The average Bonchev–Trinajstić information content (AvgIpc) is 3.01. The van der Waals surface area contributed by atoms with Gasteiger partial charge >= 0.3 is 0 Å². The smallest absolute Gasteiger partial charge is 0.142 e. The molecule has 0 spiro atoms. The van der Waals surface area contributed by atoms with Crippen molar-refractivity contribution in [2.75, 3.05) is 0 Å². The summed E-state index contributed by atoms with van der Waals surface area (Å²) in [6, 6.07) is 25.6. The summed E-state index contributed by atoms with van der Waals surface area (Å²) < 4.78 is 2.16. The van der Waals surface area contributed by atoms with Gasteiger partial charge in [-0.2, -0.15) is 5.26 Å². The molecule has 0 unspecified atom stereocenters. The monoisotopic (exact) mass is 343 g/mol. The second-order valence-corrected chi connectivity index (χ2v) is 6.21. The van der Waals surface area contributed by atoms with Crippen LogP contribution in [0.25, 0.3) is 22.4 Å². The molecule has 4 aromatic rings. The molecule has 0 aliphatic carbocycles. The number of hydrogen-bond donors (Lipinski definition) is 0. The highest BCUT2D eigenvalue weighted by molar-refractivity contribution is 6.33. The third-order valence-electron chi connectivity index (χ3n) is 4.19. The van der Waals surface area contributed by atoms with Gasteiger partial charge in [0.2, 0.25) is 0 Å². The normalized spacial score (nSPS) is 10.7. The number of imidazole rings is 1. The number of fused-ring (bicyclic) bond motifs is 1. The summed E-state index contributed by atoms with van der Waals surface area (Å²) in [5.74, 6) is 0.844. The van der Waals surface area contributed by atoms with Crippen LogP contribution < -0.4 is 0 Å². The maximum atomic E-state index is 8.97. The highest BCUT2D eigenvalue weighted by Crippen LogP contribution is 2.30. The zero-order valence-corrected chi connectivity index (χ0v) is 14.1. The quantitative estimate of drug-likeness (QED) is 0.508. The second-order valence-electron chi connectivity index (χ2n) is 5.80. The van der Waals surface area contributed by atoms with Crippen molar-refractivity contribution < 1.29 is 0 Å². The molecule has 0 N–H and O–H groups in total. The molecular formula is C21H14ClN3. The highest BCUT2D eigenvalue weighted by atomic mass is 35.5. The van der Waals surface area contributed by atoms with Crippen molar-refractivity contribution in [2.45, 2.75) is 6.54 Å². The van der Waals surface area contributed by atoms with Crippen LogP contribution in [-0.4, -0.2) is 9.55 Å². The molecule has 4 heteroatoms. The summed E-state index contributed by atoms with van der Waals surface area (Å²) in [7, 11) is 0. The van der Waals surface area contributed by atoms with Gasteiger partial charge in [-0.3, -0.25) is 0 Å². The van der Waals surface area contributed by atoms with Gasteiger partial charge in [-0.15, -0.1) is 0 Å². The fraction of sp³-hybridized carbons (Fsp3) is 0.0476. The van der Waals surface area contributed by atoms with Gasteiger partial charge in [0.15, 0.2) is 0 Å². The summed E-state index contributed by atoms with van der Waals surface area (Å²) >= 11 is 6.41. The van der Waals surface area contributed by atoms with E-state index in [1.165, 1.54) is 0 Å². The largest absolute Gasteiger partial charge is 0.319 e. The Labute approximate surface area is 150 Å². The molecule has 0 atom stereocenters. The van der Waals surface area contributed by atoms with Crippen LogP contribution in [0.2, 0.25) is 5.02 Å². The number of rotatable bonds is 3. The third-order valence-corrected chi connectivity index (χ3v) is 4.52. The Kier molecular flexibility index (Phi) is 3.97. The van der Waals surface area contributed by atoms with E-state index in [1.807, 2.05) is 66.7 Å². The minimum atomic E-state index is 0.658. The molecule has 0 fully saturated rings. The first-order valence-corrected chi connectivity index (χ1v) is 8.33.